The Bertz CT molecular complexity index is 1070. The Kier molecular flexibility index (Phi) is 5.82. The Morgan fingerprint density at radius 2 is 1.96 bits per heavy atom. The van der Waals surface area contributed by atoms with Gasteiger partial charge in [-0.15, -0.1) is 10.2 Å². The molecule has 0 radical (unpaired) electrons. The molecule has 0 bridgehead atoms. The highest BCUT2D eigenvalue weighted by molar-refractivity contribution is 7.91. The van der Waals surface area contributed by atoms with Crippen LogP contribution >= 0.6 is 11.3 Å². The van der Waals surface area contributed by atoms with Crippen LogP contribution in [-0.2, 0) is 21.4 Å². The van der Waals surface area contributed by atoms with Crippen LogP contribution in [-0.4, -0.2) is 46.0 Å². The van der Waals surface area contributed by atoms with Crippen LogP contribution in [0.25, 0.3) is 11.4 Å². The maximum atomic E-state index is 12.7. The second kappa shape index (κ2) is 8.12. The van der Waals surface area contributed by atoms with Crippen molar-refractivity contribution in [3.8, 4) is 11.4 Å². The number of carbonyl (C=O) groups excluding carboxylic acids is 1. The second-order valence-corrected chi connectivity index (χ2v) is 9.11. The number of benzene rings is 1. The van der Waals surface area contributed by atoms with Gasteiger partial charge in [0.15, 0.2) is 0 Å². The highest BCUT2D eigenvalue weighted by Gasteiger charge is 2.27. The third kappa shape index (κ3) is 4.40. The van der Waals surface area contributed by atoms with E-state index in [0.29, 0.717) is 5.82 Å². The number of aromatic nitrogens is 4. The molecule has 10 nitrogen and oxygen atoms in total. The molecule has 3 rings (SSSR count). The number of carbonyl (C=O) groups is 1. The van der Waals surface area contributed by atoms with Crippen molar-refractivity contribution in [1.29, 1.82) is 0 Å². The standard InChI is InChI=1S/C16H18N6O4S2/c1-4-12(23)17-15-19-20-16(27-15)28(24,25)22(3)9-13-18-14(21-26-13)11-7-5-10(2)6-8-11/h5-8H,4,9H2,1-3H3,(H,17,19,23). The summed E-state index contributed by atoms with van der Waals surface area (Å²) >= 11 is 0.775. The minimum Gasteiger partial charge on any atom is -0.338 e. The van der Waals surface area contributed by atoms with Crippen LogP contribution in [0.5, 0.6) is 0 Å². The lowest BCUT2D eigenvalue weighted by atomic mass is 10.1. The maximum Gasteiger partial charge on any atom is 0.272 e. The predicted molar refractivity (Wildman–Crippen MR) is 102 cm³/mol. The zero-order valence-corrected chi connectivity index (χ0v) is 17.0. The normalized spacial score (nSPS) is 11.7. The largest absolute Gasteiger partial charge is 0.338 e. The minimum absolute atomic E-state index is 0.123. The first-order valence-corrected chi connectivity index (χ1v) is 10.5. The predicted octanol–water partition coefficient (Wildman–Crippen LogP) is 2.07. The van der Waals surface area contributed by atoms with Gasteiger partial charge in [0, 0.05) is 19.0 Å². The first kappa shape index (κ1) is 20.0. The average molecular weight is 422 g/mol. The highest BCUT2D eigenvalue weighted by atomic mass is 32.2. The van der Waals surface area contributed by atoms with Crippen molar-refractivity contribution in [3.63, 3.8) is 0 Å². The summed E-state index contributed by atoms with van der Waals surface area (Å²) in [7, 11) is -2.55. The van der Waals surface area contributed by atoms with Crippen LogP contribution in [0.3, 0.4) is 0 Å². The summed E-state index contributed by atoms with van der Waals surface area (Å²) in [5, 5.41) is 13.8. The van der Waals surface area contributed by atoms with Gasteiger partial charge >= 0.3 is 0 Å². The summed E-state index contributed by atoms with van der Waals surface area (Å²) < 4.78 is 31.3. The van der Waals surface area contributed by atoms with Crippen LogP contribution in [0.4, 0.5) is 5.13 Å². The van der Waals surface area contributed by atoms with Gasteiger partial charge in [0.1, 0.15) is 0 Å². The van der Waals surface area contributed by atoms with E-state index in [-0.39, 0.29) is 34.2 Å². The number of hydrogen-bond donors (Lipinski definition) is 1. The van der Waals surface area contributed by atoms with Crippen LogP contribution in [0.2, 0.25) is 0 Å². The van der Waals surface area contributed by atoms with Crippen molar-refractivity contribution >= 4 is 32.4 Å². The number of hydrogen-bond acceptors (Lipinski definition) is 9. The van der Waals surface area contributed by atoms with Gasteiger partial charge in [-0.1, -0.05) is 53.2 Å². The summed E-state index contributed by atoms with van der Waals surface area (Å²) in [5.41, 5.74) is 1.87. The Balaban J connectivity index is 1.72. The Hall–Kier alpha value is -2.70. The molecule has 3 aromatic rings. The summed E-state index contributed by atoms with van der Waals surface area (Å²) in [6.45, 7) is 3.52. The monoisotopic (exact) mass is 422 g/mol. The van der Waals surface area contributed by atoms with E-state index in [1.54, 1.807) is 6.92 Å². The van der Waals surface area contributed by atoms with Crippen molar-refractivity contribution in [1.82, 2.24) is 24.6 Å². The lowest BCUT2D eigenvalue weighted by Gasteiger charge is -2.11. The van der Waals surface area contributed by atoms with Crippen LogP contribution in [0, 0.1) is 6.92 Å². The van der Waals surface area contributed by atoms with Crippen molar-refractivity contribution in [3.05, 3.63) is 35.7 Å². The average Bonchev–Trinajstić information content (AvgIpc) is 3.32. The number of nitrogens with one attached hydrogen (secondary N) is 1. The van der Waals surface area contributed by atoms with E-state index in [1.807, 2.05) is 31.2 Å². The SMILES string of the molecule is CCC(=O)Nc1nnc(S(=O)(=O)N(C)Cc2nc(-c3ccc(C)cc3)no2)s1. The van der Waals surface area contributed by atoms with Gasteiger partial charge in [0.2, 0.25) is 27.1 Å². The van der Waals surface area contributed by atoms with Crippen molar-refractivity contribution in [2.75, 3.05) is 12.4 Å². The summed E-state index contributed by atoms with van der Waals surface area (Å²) in [6, 6.07) is 7.56. The molecule has 1 aromatic carbocycles. The fraction of sp³-hybridized carbons (Fsp3) is 0.312. The molecule has 0 aliphatic rings. The zero-order valence-electron chi connectivity index (χ0n) is 15.4. The molecule has 12 heteroatoms. The Morgan fingerprint density at radius 1 is 1.25 bits per heavy atom. The van der Waals surface area contributed by atoms with Crippen LogP contribution < -0.4 is 5.32 Å². The third-order valence-electron chi connectivity index (χ3n) is 3.74. The van der Waals surface area contributed by atoms with E-state index < -0.39 is 10.0 Å². The van der Waals surface area contributed by atoms with Gasteiger partial charge in [0.05, 0.1) is 6.54 Å². The summed E-state index contributed by atoms with van der Waals surface area (Å²) in [4.78, 5) is 15.6. The second-order valence-electron chi connectivity index (χ2n) is 5.91. The molecule has 0 saturated carbocycles. The molecule has 2 heterocycles. The van der Waals surface area contributed by atoms with E-state index in [4.69, 9.17) is 4.52 Å². The molecule has 0 atom stereocenters. The molecule has 148 valence electrons. The number of aryl methyl sites for hydroxylation is 1. The van der Waals surface area contributed by atoms with E-state index in [2.05, 4.69) is 25.7 Å². The molecular formula is C16H18N6O4S2. The van der Waals surface area contributed by atoms with Crippen LogP contribution in [0.15, 0.2) is 33.1 Å². The number of rotatable bonds is 7. The summed E-state index contributed by atoms with van der Waals surface area (Å²) in [6.07, 6.45) is 0.252. The quantitative estimate of drug-likeness (QED) is 0.573. The molecule has 0 saturated heterocycles. The lowest BCUT2D eigenvalue weighted by Crippen LogP contribution is -2.26. The van der Waals surface area contributed by atoms with Gasteiger partial charge in [-0.25, -0.2) is 8.42 Å². The smallest absolute Gasteiger partial charge is 0.272 e. The van der Waals surface area contributed by atoms with Gasteiger partial charge in [-0.2, -0.15) is 9.29 Å². The molecule has 0 unspecified atom stereocenters. The summed E-state index contributed by atoms with van der Waals surface area (Å²) in [5.74, 6) is 0.245. The van der Waals surface area contributed by atoms with E-state index in [0.717, 1.165) is 26.8 Å². The Labute approximate surface area is 165 Å². The molecular weight excluding hydrogens is 404 g/mol. The number of anilines is 1. The molecule has 0 spiro atoms. The molecule has 28 heavy (non-hydrogen) atoms. The third-order valence-corrected chi connectivity index (χ3v) is 6.73. The molecule has 1 N–H and O–H groups in total. The van der Waals surface area contributed by atoms with Crippen molar-refractivity contribution < 1.29 is 17.7 Å². The van der Waals surface area contributed by atoms with Gasteiger partial charge < -0.3 is 9.84 Å². The van der Waals surface area contributed by atoms with Crippen LogP contribution in [0.1, 0.15) is 24.8 Å². The van der Waals surface area contributed by atoms with E-state index in [1.165, 1.54) is 7.05 Å². The van der Waals surface area contributed by atoms with Gasteiger partial charge in [-0.05, 0) is 6.92 Å². The van der Waals surface area contributed by atoms with Gasteiger partial charge in [-0.3, -0.25) is 4.79 Å². The number of amides is 1. The molecule has 0 aliphatic carbocycles. The molecule has 2 aromatic heterocycles. The van der Waals surface area contributed by atoms with E-state index >= 15 is 0 Å². The molecule has 0 fully saturated rings. The lowest BCUT2D eigenvalue weighted by molar-refractivity contribution is -0.115. The highest BCUT2D eigenvalue weighted by Crippen LogP contribution is 2.24. The minimum atomic E-state index is -3.92. The topological polar surface area (TPSA) is 131 Å². The fourth-order valence-electron chi connectivity index (χ4n) is 2.12. The van der Waals surface area contributed by atoms with Crippen molar-refractivity contribution in [2.24, 2.45) is 0 Å². The fourth-order valence-corrected chi connectivity index (χ4v) is 4.34. The first-order chi connectivity index (χ1) is 13.3. The number of sulfonamides is 1. The number of nitrogens with zero attached hydrogens (tertiary/aromatic N) is 5. The van der Waals surface area contributed by atoms with Gasteiger partial charge in [0.25, 0.3) is 10.0 Å². The molecule has 1 amide bonds. The maximum absolute atomic E-state index is 12.7. The van der Waals surface area contributed by atoms with Crippen molar-refractivity contribution in [2.45, 2.75) is 31.2 Å². The zero-order chi connectivity index (χ0) is 20.3. The Morgan fingerprint density at radius 3 is 2.64 bits per heavy atom. The van der Waals surface area contributed by atoms with E-state index in [9.17, 15) is 13.2 Å². The first-order valence-electron chi connectivity index (χ1n) is 8.29. The molecule has 0 aliphatic heterocycles.